The zero-order chi connectivity index (χ0) is 23.1. The van der Waals surface area contributed by atoms with Crippen molar-refractivity contribution in [2.45, 2.75) is 38.7 Å². The number of methoxy groups -OCH3 is 1. The van der Waals surface area contributed by atoms with E-state index in [1.54, 1.807) is 13.2 Å². The van der Waals surface area contributed by atoms with Gasteiger partial charge in [0.2, 0.25) is 0 Å². The first-order valence-corrected chi connectivity index (χ1v) is 10.7. The largest absolute Gasteiger partial charge is 0.493 e. The van der Waals surface area contributed by atoms with Crippen molar-refractivity contribution in [2.24, 2.45) is 0 Å². The van der Waals surface area contributed by atoms with Crippen molar-refractivity contribution in [3.05, 3.63) is 107 Å². The van der Waals surface area contributed by atoms with Crippen LogP contribution in [0, 0.1) is 11.6 Å². The van der Waals surface area contributed by atoms with Crippen molar-refractivity contribution >= 4 is 5.57 Å². The van der Waals surface area contributed by atoms with Crippen molar-refractivity contribution in [1.29, 1.82) is 0 Å². The summed E-state index contributed by atoms with van der Waals surface area (Å²) >= 11 is 0. The molecular weight excluding hydrogens is 406 g/mol. The van der Waals surface area contributed by atoms with E-state index in [4.69, 9.17) is 9.47 Å². The molecule has 0 spiro atoms. The fourth-order valence-electron chi connectivity index (χ4n) is 3.86. The Bertz CT molecular complexity index is 1080. The Morgan fingerprint density at radius 2 is 1.62 bits per heavy atom. The number of benzene rings is 3. The lowest BCUT2D eigenvalue weighted by Crippen LogP contribution is -2.13. The summed E-state index contributed by atoms with van der Waals surface area (Å²) in [4.78, 5) is 0. The van der Waals surface area contributed by atoms with E-state index in [0.717, 1.165) is 16.7 Å². The first-order chi connectivity index (χ1) is 15.5. The van der Waals surface area contributed by atoms with Crippen LogP contribution in [0.15, 0.2) is 79.0 Å². The van der Waals surface area contributed by atoms with Crippen LogP contribution in [0.1, 0.15) is 55.4 Å². The first-order valence-electron chi connectivity index (χ1n) is 10.7. The van der Waals surface area contributed by atoms with E-state index in [2.05, 4.69) is 19.2 Å². The van der Waals surface area contributed by atoms with Crippen LogP contribution in [0.2, 0.25) is 0 Å². The van der Waals surface area contributed by atoms with Crippen LogP contribution in [-0.4, -0.2) is 7.11 Å². The van der Waals surface area contributed by atoms with Gasteiger partial charge in [0, 0.05) is 11.1 Å². The zero-order valence-electron chi connectivity index (χ0n) is 18.7. The number of halogens is 2. The van der Waals surface area contributed by atoms with Gasteiger partial charge >= 0.3 is 0 Å². The molecule has 0 saturated heterocycles. The van der Waals surface area contributed by atoms with Gasteiger partial charge in [-0.25, -0.2) is 8.78 Å². The van der Waals surface area contributed by atoms with Gasteiger partial charge in [0.05, 0.1) is 12.7 Å². The van der Waals surface area contributed by atoms with Crippen molar-refractivity contribution in [3.8, 4) is 11.5 Å². The minimum Gasteiger partial charge on any atom is -0.493 e. The Morgan fingerprint density at radius 3 is 2.22 bits per heavy atom. The summed E-state index contributed by atoms with van der Waals surface area (Å²) in [6.45, 7) is 7.77. The van der Waals surface area contributed by atoms with Gasteiger partial charge in [0.1, 0.15) is 17.7 Å². The van der Waals surface area contributed by atoms with Crippen molar-refractivity contribution in [1.82, 2.24) is 0 Å². The maximum Gasteiger partial charge on any atom is 0.165 e. The van der Waals surface area contributed by atoms with Gasteiger partial charge in [0.25, 0.3) is 0 Å². The Kier molecular flexibility index (Phi) is 7.86. The Hall–Kier alpha value is -3.36. The highest BCUT2D eigenvalue weighted by molar-refractivity contribution is 5.66. The number of hydrogen-bond acceptors (Lipinski definition) is 2. The summed E-state index contributed by atoms with van der Waals surface area (Å²) in [5.74, 6) is -0.209. The molecule has 0 radical (unpaired) electrons. The predicted molar refractivity (Wildman–Crippen MR) is 125 cm³/mol. The molecule has 4 heteroatoms. The quantitative estimate of drug-likeness (QED) is 0.319. The molecule has 3 aromatic rings. The summed E-state index contributed by atoms with van der Waals surface area (Å²) in [7, 11) is 1.56. The average molecular weight is 435 g/mol. The second-order valence-electron chi connectivity index (χ2n) is 7.66. The van der Waals surface area contributed by atoms with Gasteiger partial charge in [-0.1, -0.05) is 69.0 Å². The monoisotopic (exact) mass is 434 g/mol. The van der Waals surface area contributed by atoms with E-state index in [0.29, 0.717) is 24.3 Å². The highest BCUT2D eigenvalue weighted by Gasteiger charge is 2.25. The van der Waals surface area contributed by atoms with E-state index in [-0.39, 0.29) is 11.5 Å². The number of rotatable bonds is 9. The molecule has 0 heterocycles. The molecule has 0 aliphatic heterocycles. The minimum atomic E-state index is -0.790. The first kappa shape index (κ1) is 23.3. The van der Waals surface area contributed by atoms with Gasteiger partial charge in [-0.2, -0.15) is 0 Å². The van der Waals surface area contributed by atoms with Crippen molar-refractivity contribution in [3.63, 3.8) is 0 Å². The lowest BCUT2D eigenvalue weighted by molar-refractivity contribution is 0.180. The van der Waals surface area contributed by atoms with Gasteiger partial charge in [-0.15, -0.1) is 5.73 Å². The van der Waals surface area contributed by atoms with Crippen LogP contribution in [-0.2, 0) is 0 Å². The smallest absolute Gasteiger partial charge is 0.165 e. The summed E-state index contributed by atoms with van der Waals surface area (Å²) in [6, 6.07) is 19.5. The summed E-state index contributed by atoms with van der Waals surface area (Å²) in [5, 5.41) is 0. The van der Waals surface area contributed by atoms with Crippen molar-refractivity contribution < 1.29 is 18.3 Å². The zero-order valence-corrected chi connectivity index (χ0v) is 18.7. The van der Waals surface area contributed by atoms with Crippen LogP contribution in [0.3, 0.4) is 0 Å². The Morgan fingerprint density at radius 1 is 0.969 bits per heavy atom. The fourth-order valence-corrected chi connectivity index (χ4v) is 3.86. The Balaban J connectivity index is 1.97. The molecule has 2 atom stereocenters. The average Bonchev–Trinajstić information content (AvgIpc) is 2.82. The second kappa shape index (κ2) is 10.8. The topological polar surface area (TPSA) is 18.5 Å². The second-order valence-corrected chi connectivity index (χ2v) is 7.66. The van der Waals surface area contributed by atoms with E-state index >= 15 is 0 Å². The standard InChI is InChI=1S/C28H28F2O2/c1-5-20(21-12-8-7-9-13-21)18-19(3)22-14-10-17-26(31-4)28(22)32-25(6-2)27-23(29)15-11-16-24(27)30/h7-17,19,25H,1,6,18H2,2-4H3. The lowest BCUT2D eigenvalue weighted by Gasteiger charge is -2.25. The summed E-state index contributed by atoms with van der Waals surface area (Å²) in [5.41, 5.74) is 5.91. The SMILES string of the molecule is C=C=C(CC(C)c1cccc(OC)c1OC(CC)c1c(F)cccc1F)c1ccccc1. The molecular formula is C28H28F2O2. The van der Waals surface area contributed by atoms with E-state index < -0.39 is 17.7 Å². The van der Waals surface area contributed by atoms with Crippen LogP contribution in [0.4, 0.5) is 8.78 Å². The predicted octanol–water partition coefficient (Wildman–Crippen LogP) is 7.87. The maximum absolute atomic E-state index is 14.5. The van der Waals surface area contributed by atoms with Gasteiger partial charge < -0.3 is 9.47 Å². The third-order valence-electron chi connectivity index (χ3n) is 5.56. The van der Waals surface area contributed by atoms with E-state index in [1.165, 1.54) is 18.2 Å². The molecule has 0 N–H and O–H groups in total. The highest BCUT2D eigenvalue weighted by atomic mass is 19.1. The molecule has 166 valence electrons. The molecule has 32 heavy (non-hydrogen) atoms. The van der Waals surface area contributed by atoms with Crippen LogP contribution in [0.5, 0.6) is 11.5 Å². The normalized spacial score (nSPS) is 12.5. The molecule has 2 nitrogen and oxygen atoms in total. The van der Waals surface area contributed by atoms with E-state index in [1.807, 2.05) is 49.4 Å². The number of para-hydroxylation sites is 1. The van der Waals surface area contributed by atoms with Crippen LogP contribution in [0.25, 0.3) is 5.57 Å². The molecule has 3 aromatic carbocycles. The third-order valence-corrected chi connectivity index (χ3v) is 5.56. The molecule has 0 fully saturated rings. The Labute approximate surface area is 188 Å². The highest BCUT2D eigenvalue weighted by Crippen LogP contribution is 2.42. The molecule has 0 aliphatic rings. The molecule has 0 amide bonds. The maximum atomic E-state index is 14.5. The minimum absolute atomic E-state index is 0.0209. The number of allylic oxidation sites excluding steroid dienone is 1. The summed E-state index contributed by atoms with van der Waals surface area (Å²) in [6.07, 6.45) is 0.273. The number of ether oxygens (including phenoxy) is 2. The molecule has 2 unspecified atom stereocenters. The van der Waals surface area contributed by atoms with Gasteiger partial charge in [0.15, 0.2) is 11.5 Å². The molecule has 0 aliphatic carbocycles. The molecule has 0 saturated carbocycles. The fraction of sp³-hybridized carbons (Fsp3) is 0.250. The van der Waals surface area contributed by atoms with Crippen molar-refractivity contribution in [2.75, 3.05) is 7.11 Å². The van der Waals surface area contributed by atoms with Gasteiger partial charge in [-0.05, 0) is 42.5 Å². The van der Waals surface area contributed by atoms with E-state index in [9.17, 15) is 8.78 Å². The molecule has 3 rings (SSSR count). The van der Waals surface area contributed by atoms with Crippen LogP contribution >= 0.6 is 0 Å². The summed E-state index contributed by atoms with van der Waals surface area (Å²) < 4.78 is 40.7. The van der Waals surface area contributed by atoms with Gasteiger partial charge in [-0.3, -0.25) is 0 Å². The third kappa shape index (κ3) is 5.09. The lowest BCUT2D eigenvalue weighted by atomic mass is 9.90. The molecule has 0 bridgehead atoms. The number of hydrogen-bond donors (Lipinski definition) is 0. The molecule has 0 aromatic heterocycles. The van der Waals surface area contributed by atoms with Crippen LogP contribution < -0.4 is 9.47 Å².